The van der Waals surface area contributed by atoms with Crippen molar-refractivity contribution in [3.63, 3.8) is 0 Å². The van der Waals surface area contributed by atoms with E-state index < -0.39 is 0 Å². The number of hydrogen-bond acceptors (Lipinski definition) is 2. The molecular formula is C22H34O2. The highest BCUT2D eigenvalue weighted by atomic mass is 16.7. The summed E-state index contributed by atoms with van der Waals surface area (Å²) in [6.07, 6.45) is 17.3. The zero-order valence-corrected chi connectivity index (χ0v) is 15.2. The largest absolute Gasteiger partial charge is 0.465 e. The maximum atomic E-state index is 6.11. The summed E-state index contributed by atoms with van der Waals surface area (Å²) in [6.45, 7) is 4.64. The van der Waals surface area contributed by atoms with Gasteiger partial charge in [0.15, 0.2) is 6.29 Å². The van der Waals surface area contributed by atoms with Gasteiger partial charge in [0, 0.05) is 6.42 Å². The molecular weight excluding hydrogens is 296 g/mol. The van der Waals surface area contributed by atoms with Gasteiger partial charge in [0.1, 0.15) is 5.75 Å². The Bertz CT molecular complexity index is 439. The van der Waals surface area contributed by atoms with E-state index in [0.29, 0.717) is 0 Å². The lowest BCUT2D eigenvalue weighted by atomic mass is 10.1. The first kappa shape index (κ1) is 19.1. The average molecular weight is 331 g/mol. The maximum Gasteiger partial charge on any atom is 0.199 e. The lowest BCUT2D eigenvalue weighted by molar-refractivity contribution is -0.0865. The minimum Gasteiger partial charge on any atom is -0.465 e. The van der Waals surface area contributed by atoms with E-state index in [9.17, 15) is 0 Å². The lowest BCUT2D eigenvalue weighted by Crippen LogP contribution is -2.21. The Hall–Kier alpha value is -1.28. The highest BCUT2D eigenvalue weighted by Crippen LogP contribution is 2.20. The molecule has 0 aliphatic carbocycles. The van der Waals surface area contributed by atoms with Crippen LogP contribution in [-0.4, -0.2) is 12.9 Å². The second-order valence-electron chi connectivity index (χ2n) is 6.87. The van der Waals surface area contributed by atoms with Crippen LogP contribution in [0.4, 0.5) is 0 Å². The van der Waals surface area contributed by atoms with Crippen LogP contribution in [0.15, 0.2) is 30.8 Å². The van der Waals surface area contributed by atoms with Gasteiger partial charge in [0.2, 0.25) is 0 Å². The molecule has 0 saturated carbocycles. The molecule has 1 aromatic rings. The highest BCUT2D eigenvalue weighted by molar-refractivity contribution is 5.49. The Morgan fingerprint density at radius 2 is 1.50 bits per heavy atom. The van der Waals surface area contributed by atoms with Crippen molar-refractivity contribution >= 4 is 6.08 Å². The van der Waals surface area contributed by atoms with Crippen molar-refractivity contribution in [3.05, 3.63) is 36.4 Å². The van der Waals surface area contributed by atoms with Crippen LogP contribution in [0.3, 0.4) is 0 Å². The topological polar surface area (TPSA) is 18.5 Å². The first-order valence-electron chi connectivity index (χ1n) is 9.89. The van der Waals surface area contributed by atoms with Gasteiger partial charge in [-0.1, -0.05) is 82.6 Å². The first-order valence-corrected chi connectivity index (χ1v) is 9.89. The SMILES string of the molecule is C=Cc1cccc(OC2CCCCCCCCCCCCCO2)c1. The summed E-state index contributed by atoms with van der Waals surface area (Å²) < 4.78 is 12.2. The fourth-order valence-electron chi connectivity index (χ4n) is 3.26. The van der Waals surface area contributed by atoms with Gasteiger partial charge < -0.3 is 9.47 Å². The number of hydrogen-bond donors (Lipinski definition) is 0. The fourth-order valence-corrected chi connectivity index (χ4v) is 3.26. The molecule has 1 saturated heterocycles. The van der Waals surface area contributed by atoms with Crippen molar-refractivity contribution in [2.24, 2.45) is 0 Å². The molecule has 1 fully saturated rings. The van der Waals surface area contributed by atoms with Crippen LogP contribution in [-0.2, 0) is 4.74 Å². The molecule has 2 nitrogen and oxygen atoms in total. The van der Waals surface area contributed by atoms with E-state index in [4.69, 9.17) is 9.47 Å². The zero-order chi connectivity index (χ0) is 16.9. The van der Waals surface area contributed by atoms with Gasteiger partial charge in [-0.2, -0.15) is 0 Å². The third-order valence-electron chi connectivity index (χ3n) is 4.75. The molecule has 1 heterocycles. The molecule has 0 N–H and O–H groups in total. The standard InChI is InChI=1S/C22H34O2/c1-2-20-15-14-16-21(19-20)24-22-17-12-10-8-6-4-3-5-7-9-11-13-18-23-22/h2,14-16,19,22H,1,3-13,17-18H2. The van der Waals surface area contributed by atoms with Crippen molar-refractivity contribution in [3.8, 4) is 5.75 Å². The predicted octanol–water partition coefficient (Wildman–Crippen LogP) is 6.75. The molecule has 0 bridgehead atoms. The van der Waals surface area contributed by atoms with E-state index in [0.717, 1.165) is 30.8 Å². The van der Waals surface area contributed by atoms with Gasteiger partial charge in [-0.05, 0) is 30.5 Å². The van der Waals surface area contributed by atoms with Gasteiger partial charge in [-0.3, -0.25) is 0 Å². The third-order valence-corrected chi connectivity index (χ3v) is 4.75. The summed E-state index contributed by atoms with van der Waals surface area (Å²) in [4.78, 5) is 0. The van der Waals surface area contributed by atoms with Crippen molar-refractivity contribution < 1.29 is 9.47 Å². The van der Waals surface area contributed by atoms with E-state index >= 15 is 0 Å². The Morgan fingerprint density at radius 3 is 2.17 bits per heavy atom. The molecule has 134 valence electrons. The predicted molar refractivity (Wildman–Crippen MR) is 102 cm³/mol. The second-order valence-corrected chi connectivity index (χ2v) is 6.87. The Kier molecular flexibility index (Phi) is 9.63. The van der Waals surface area contributed by atoms with E-state index in [1.165, 1.54) is 64.2 Å². The molecule has 0 radical (unpaired) electrons. The van der Waals surface area contributed by atoms with Crippen LogP contribution in [0.5, 0.6) is 5.75 Å². The van der Waals surface area contributed by atoms with E-state index in [-0.39, 0.29) is 6.29 Å². The van der Waals surface area contributed by atoms with Gasteiger partial charge in [0.05, 0.1) is 6.61 Å². The molecule has 1 unspecified atom stereocenters. The molecule has 24 heavy (non-hydrogen) atoms. The molecule has 2 rings (SSSR count). The van der Waals surface area contributed by atoms with Gasteiger partial charge in [-0.15, -0.1) is 0 Å². The minimum atomic E-state index is -0.116. The summed E-state index contributed by atoms with van der Waals surface area (Å²) in [5.74, 6) is 0.885. The van der Waals surface area contributed by atoms with Crippen molar-refractivity contribution in [1.82, 2.24) is 0 Å². The zero-order valence-electron chi connectivity index (χ0n) is 15.2. The molecule has 1 aliphatic heterocycles. The van der Waals surface area contributed by atoms with Crippen LogP contribution in [0, 0.1) is 0 Å². The van der Waals surface area contributed by atoms with Crippen LogP contribution in [0.25, 0.3) is 6.08 Å². The van der Waals surface area contributed by atoms with Crippen LogP contribution >= 0.6 is 0 Å². The Morgan fingerprint density at radius 1 is 0.875 bits per heavy atom. The quantitative estimate of drug-likeness (QED) is 0.610. The summed E-state index contributed by atoms with van der Waals surface area (Å²) in [5.41, 5.74) is 1.09. The third kappa shape index (κ3) is 8.01. The maximum absolute atomic E-state index is 6.11. The van der Waals surface area contributed by atoms with Crippen LogP contribution in [0.1, 0.15) is 82.6 Å². The normalized spacial score (nSPS) is 22.1. The molecule has 0 spiro atoms. The average Bonchev–Trinajstić information content (AvgIpc) is 2.62. The second kappa shape index (κ2) is 12.1. The number of rotatable bonds is 3. The van der Waals surface area contributed by atoms with E-state index in [1.807, 2.05) is 30.3 Å². The first-order chi connectivity index (χ1) is 11.9. The highest BCUT2D eigenvalue weighted by Gasteiger charge is 2.11. The molecule has 1 atom stereocenters. The van der Waals surface area contributed by atoms with E-state index in [2.05, 4.69) is 6.58 Å². The Balaban J connectivity index is 1.84. The van der Waals surface area contributed by atoms with E-state index in [1.54, 1.807) is 0 Å². The summed E-state index contributed by atoms with van der Waals surface area (Å²) in [5, 5.41) is 0. The van der Waals surface area contributed by atoms with Crippen LogP contribution in [0.2, 0.25) is 0 Å². The van der Waals surface area contributed by atoms with Crippen LogP contribution < -0.4 is 4.74 Å². The Labute approximate surface area is 148 Å². The molecule has 2 heteroatoms. The van der Waals surface area contributed by atoms with Crippen molar-refractivity contribution in [2.75, 3.05) is 6.61 Å². The summed E-state index contributed by atoms with van der Waals surface area (Å²) in [7, 11) is 0. The van der Waals surface area contributed by atoms with Gasteiger partial charge >= 0.3 is 0 Å². The fraction of sp³-hybridized carbons (Fsp3) is 0.636. The monoisotopic (exact) mass is 330 g/mol. The lowest BCUT2D eigenvalue weighted by Gasteiger charge is -2.20. The van der Waals surface area contributed by atoms with Crippen molar-refractivity contribution in [2.45, 2.75) is 83.3 Å². The summed E-state index contributed by atoms with van der Waals surface area (Å²) in [6, 6.07) is 8.09. The minimum absolute atomic E-state index is 0.116. The molecule has 1 aromatic carbocycles. The summed E-state index contributed by atoms with van der Waals surface area (Å²) >= 11 is 0. The molecule has 0 amide bonds. The van der Waals surface area contributed by atoms with Gasteiger partial charge in [-0.25, -0.2) is 0 Å². The number of ether oxygens (including phenoxy) is 2. The molecule has 1 aliphatic rings. The smallest absolute Gasteiger partial charge is 0.199 e. The van der Waals surface area contributed by atoms with Gasteiger partial charge in [0.25, 0.3) is 0 Å². The molecule has 0 aromatic heterocycles. The van der Waals surface area contributed by atoms with Crippen molar-refractivity contribution in [1.29, 1.82) is 0 Å². The number of benzene rings is 1.